The average Bonchev–Trinajstić information content (AvgIpc) is 0. The minimum Gasteiger partial charge on any atom is -0.870 e. The maximum Gasteiger partial charge on any atom is 3.00 e. The minimum atomic E-state index is 0. The summed E-state index contributed by atoms with van der Waals surface area (Å²) in [5, 5.41) is 0. The van der Waals surface area contributed by atoms with Gasteiger partial charge in [0.2, 0.25) is 0 Å². The molecule has 4 heteroatoms. The van der Waals surface area contributed by atoms with Crippen LogP contribution >= 0.6 is 0 Å². The first-order valence-electron chi connectivity index (χ1n) is 0. The molecule has 0 unspecified atom stereocenters. The smallest absolute Gasteiger partial charge is 0.870 e. The molecule has 0 saturated heterocycles. The molecule has 0 aromatic rings. The van der Waals surface area contributed by atoms with Gasteiger partial charge in [-0.05, 0) is 0 Å². The second-order valence-corrected chi connectivity index (χ2v) is 0. The average molecular weight is 142 g/mol. The van der Waals surface area contributed by atoms with Crippen LogP contribution in [0.4, 0.5) is 0 Å². The second kappa shape index (κ2) is 49.3. The van der Waals surface area contributed by atoms with Crippen molar-refractivity contribution in [1.82, 2.24) is 0 Å². The van der Waals surface area contributed by atoms with E-state index in [0.29, 0.717) is 0 Å². The van der Waals surface area contributed by atoms with Gasteiger partial charge in [-0.15, -0.1) is 0 Å². The zero-order valence-electron chi connectivity index (χ0n) is 1.84. The van der Waals surface area contributed by atoms with Gasteiger partial charge in [-0.2, -0.15) is 0 Å². The fourth-order valence-corrected chi connectivity index (χ4v) is 0. The van der Waals surface area contributed by atoms with Gasteiger partial charge in [0.1, 0.15) is 0 Å². The third kappa shape index (κ3) is 14.7. The van der Waals surface area contributed by atoms with Crippen LogP contribution in [-0.4, -0.2) is 16.4 Å². The van der Waals surface area contributed by atoms with E-state index in [9.17, 15) is 0 Å². The molecule has 3 nitrogen and oxygen atoms in total. The summed E-state index contributed by atoms with van der Waals surface area (Å²) in [6, 6.07) is 0. The summed E-state index contributed by atoms with van der Waals surface area (Å²) in [7, 11) is 0. The summed E-state index contributed by atoms with van der Waals surface area (Å²) in [5.74, 6) is 0. The van der Waals surface area contributed by atoms with Gasteiger partial charge in [0.05, 0.1) is 0 Å². The van der Waals surface area contributed by atoms with Crippen LogP contribution in [0.3, 0.4) is 0 Å². The Morgan fingerprint density at radius 3 is 0.500 bits per heavy atom. The minimum absolute atomic E-state index is 0. The first-order chi connectivity index (χ1) is 0. The molecule has 0 heterocycles. The number of hydrogen-bond donors (Lipinski definition) is 0. The Kier molecular flexibility index (Phi) is 1430. The maximum absolute atomic E-state index is 0. The molecule has 0 atom stereocenters. The van der Waals surface area contributed by atoms with Gasteiger partial charge >= 0.3 is 26.2 Å². The normalized spacial score (nSPS) is 0. The molecule has 25 valence electrons. The fraction of sp³-hybridized carbons (Fsp3) is 0. The van der Waals surface area contributed by atoms with Crippen molar-refractivity contribution in [3.05, 3.63) is 0 Å². The molecule has 0 spiro atoms. The first kappa shape index (κ1) is 116. The zero-order chi connectivity index (χ0) is 0. The molecular formula is H3O3Zr. The monoisotopic (exact) mass is 141 g/mol. The topological polar surface area (TPSA) is 90.0 Å². The van der Waals surface area contributed by atoms with Crippen molar-refractivity contribution in [3.8, 4) is 0 Å². The molecule has 3 N–H and O–H groups in total. The Hall–Kier alpha value is 0.763. The molecule has 0 aromatic heterocycles. The van der Waals surface area contributed by atoms with Gasteiger partial charge in [0.25, 0.3) is 0 Å². The first-order valence-corrected chi connectivity index (χ1v) is 0. The van der Waals surface area contributed by atoms with E-state index in [2.05, 4.69) is 0 Å². The van der Waals surface area contributed by atoms with Crippen molar-refractivity contribution >= 4 is 0 Å². The van der Waals surface area contributed by atoms with Crippen LogP contribution in [0.2, 0.25) is 0 Å². The summed E-state index contributed by atoms with van der Waals surface area (Å²) in [6.07, 6.45) is 0. The van der Waals surface area contributed by atoms with Crippen molar-refractivity contribution in [3.63, 3.8) is 0 Å². The standard InChI is InChI=1S/3H2O.Zr/h3*1H2;/q;;;+3/p-3. The van der Waals surface area contributed by atoms with E-state index in [1.807, 2.05) is 0 Å². The van der Waals surface area contributed by atoms with Crippen LogP contribution in [0.5, 0.6) is 0 Å². The van der Waals surface area contributed by atoms with E-state index < -0.39 is 0 Å². The van der Waals surface area contributed by atoms with Crippen molar-refractivity contribution in [1.29, 1.82) is 0 Å². The molecule has 0 aliphatic heterocycles. The zero-order valence-corrected chi connectivity index (χ0v) is 4.30. The Labute approximate surface area is 43.1 Å². The molecule has 0 amide bonds. The van der Waals surface area contributed by atoms with E-state index in [4.69, 9.17) is 0 Å². The van der Waals surface area contributed by atoms with Gasteiger partial charge in [-0.3, -0.25) is 0 Å². The van der Waals surface area contributed by atoms with E-state index in [0.717, 1.165) is 0 Å². The summed E-state index contributed by atoms with van der Waals surface area (Å²) >= 11 is 0. The Bertz CT molecular complexity index is 3.25. The molecule has 0 rings (SSSR count). The van der Waals surface area contributed by atoms with Crippen LogP contribution in [0.15, 0.2) is 0 Å². The molecule has 4 heavy (non-hydrogen) atoms. The van der Waals surface area contributed by atoms with E-state index in [1.54, 1.807) is 0 Å². The van der Waals surface area contributed by atoms with Gasteiger partial charge in [0, 0.05) is 0 Å². The third-order valence-electron chi connectivity index (χ3n) is 0. The molecule has 0 aromatic carbocycles. The molecule has 0 bridgehead atoms. The third-order valence-corrected chi connectivity index (χ3v) is 0. The Morgan fingerprint density at radius 2 is 0.500 bits per heavy atom. The maximum atomic E-state index is 0. The molecular weight excluding hydrogens is 139 g/mol. The molecule has 0 fully saturated rings. The quantitative estimate of drug-likeness (QED) is 0.455. The number of rotatable bonds is 0. The van der Waals surface area contributed by atoms with Crippen LogP contribution in [-0.2, 0) is 26.2 Å². The van der Waals surface area contributed by atoms with Gasteiger partial charge < -0.3 is 16.4 Å². The van der Waals surface area contributed by atoms with Crippen molar-refractivity contribution in [2.24, 2.45) is 0 Å². The van der Waals surface area contributed by atoms with Crippen molar-refractivity contribution in [2.45, 2.75) is 0 Å². The summed E-state index contributed by atoms with van der Waals surface area (Å²) in [4.78, 5) is 0. The Balaban J connectivity index is 0. The SMILES string of the molecule is [OH-].[OH-].[OH-].[Zr+3]. The number of hydrogen-bond acceptors (Lipinski definition) is 3. The predicted octanol–water partition coefficient (Wildman–Crippen LogP) is -0.533. The van der Waals surface area contributed by atoms with Crippen molar-refractivity contribution in [2.75, 3.05) is 0 Å². The largest absolute Gasteiger partial charge is 3.00 e. The van der Waals surface area contributed by atoms with Gasteiger partial charge in [-0.1, -0.05) is 0 Å². The molecule has 0 aliphatic carbocycles. The van der Waals surface area contributed by atoms with E-state index in [1.165, 1.54) is 0 Å². The van der Waals surface area contributed by atoms with Crippen LogP contribution in [0.25, 0.3) is 0 Å². The second-order valence-electron chi connectivity index (χ2n) is 0. The fourth-order valence-electron chi connectivity index (χ4n) is 0. The predicted molar refractivity (Wildman–Crippen MR) is 5.81 cm³/mol. The molecule has 0 saturated carbocycles. The van der Waals surface area contributed by atoms with Gasteiger partial charge in [0.15, 0.2) is 0 Å². The summed E-state index contributed by atoms with van der Waals surface area (Å²) in [5.41, 5.74) is 0. The van der Waals surface area contributed by atoms with Gasteiger partial charge in [-0.25, -0.2) is 0 Å². The van der Waals surface area contributed by atoms with Crippen molar-refractivity contribution < 1.29 is 42.6 Å². The molecule has 1 radical (unpaired) electrons. The molecule has 0 aliphatic rings. The van der Waals surface area contributed by atoms with Crippen LogP contribution in [0.1, 0.15) is 0 Å². The van der Waals surface area contributed by atoms with Crippen LogP contribution < -0.4 is 0 Å². The summed E-state index contributed by atoms with van der Waals surface area (Å²) in [6.45, 7) is 0. The van der Waals surface area contributed by atoms with E-state index >= 15 is 0 Å². The Morgan fingerprint density at radius 1 is 0.500 bits per heavy atom. The van der Waals surface area contributed by atoms with E-state index in [-0.39, 0.29) is 42.6 Å². The van der Waals surface area contributed by atoms with Crippen LogP contribution in [0, 0.1) is 0 Å². The summed E-state index contributed by atoms with van der Waals surface area (Å²) < 4.78 is 0.